The highest BCUT2D eigenvalue weighted by Gasteiger charge is 2.28. The Labute approximate surface area is 111 Å². The number of hydrogen-bond acceptors (Lipinski definition) is 3. The van der Waals surface area contributed by atoms with Crippen LogP contribution in [-0.2, 0) is 6.54 Å². The molecule has 1 aromatic heterocycles. The first-order valence-corrected chi connectivity index (χ1v) is 7.27. The highest BCUT2D eigenvalue weighted by atomic mass is 15.2. The quantitative estimate of drug-likeness (QED) is 0.764. The molecule has 1 aliphatic rings. The van der Waals surface area contributed by atoms with Gasteiger partial charge >= 0.3 is 0 Å². The number of hydrogen-bond donors (Lipinski definition) is 1. The second kappa shape index (κ2) is 6.74. The van der Waals surface area contributed by atoms with E-state index in [0.29, 0.717) is 0 Å². The van der Waals surface area contributed by atoms with Crippen LogP contribution >= 0.6 is 0 Å². The Morgan fingerprint density at radius 2 is 2.11 bits per heavy atom. The summed E-state index contributed by atoms with van der Waals surface area (Å²) in [5.41, 5.74) is 1.19. The SMILES string of the molecule is CCCNc1cccc(CN(CCC)C2CC2)n1. The minimum absolute atomic E-state index is 0.819. The Bertz CT molecular complexity index is 361. The fourth-order valence-electron chi connectivity index (χ4n) is 2.24. The first kappa shape index (κ1) is 13.3. The number of pyridine rings is 1. The van der Waals surface area contributed by atoms with Crippen molar-refractivity contribution in [2.24, 2.45) is 0 Å². The van der Waals surface area contributed by atoms with Crippen LogP contribution < -0.4 is 5.32 Å². The molecule has 3 heteroatoms. The molecule has 0 spiro atoms. The number of rotatable bonds is 8. The van der Waals surface area contributed by atoms with Gasteiger partial charge in [0.25, 0.3) is 0 Å². The molecule has 0 aliphatic heterocycles. The van der Waals surface area contributed by atoms with Crippen molar-refractivity contribution in [2.75, 3.05) is 18.4 Å². The van der Waals surface area contributed by atoms with E-state index in [1.165, 1.54) is 31.5 Å². The second-order valence-electron chi connectivity index (χ2n) is 5.14. The lowest BCUT2D eigenvalue weighted by Crippen LogP contribution is -2.26. The molecule has 0 radical (unpaired) electrons. The summed E-state index contributed by atoms with van der Waals surface area (Å²) >= 11 is 0. The van der Waals surface area contributed by atoms with E-state index in [0.717, 1.165) is 31.4 Å². The van der Waals surface area contributed by atoms with Gasteiger partial charge in [0, 0.05) is 19.1 Å². The van der Waals surface area contributed by atoms with E-state index in [-0.39, 0.29) is 0 Å². The van der Waals surface area contributed by atoms with Crippen molar-refractivity contribution in [3.05, 3.63) is 23.9 Å². The number of aromatic nitrogens is 1. The smallest absolute Gasteiger partial charge is 0.126 e. The molecule has 0 amide bonds. The molecule has 0 aromatic carbocycles. The van der Waals surface area contributed by atoms with Gasteiger partial charge in [0.1, 0.15) is 5.82 Å². The summed E-state index contributed by atoms with van der Waals surface area (Å²) in [6, 6.07) is 7.12. The molecule has 3 nitrogen and oxygen atoms in total. The lowest BCUT2D eigenvalue weighted by molar-refractivity contribution is 0.252. The molecule has 1 N–H and O–H groups in total. The van der Waals surface area contributed by atoms with Crippen LogP contribution in [-0.4, -0.2) is 29.0 Å². The number of nitrogens with zero attached hydrogens (tertiary/aromatic N) is 2. The van der Waals surface area contributed by atoms with Gasteiger partial charge in [-0.15, -0.1) is 0 Å². The van der Waals surface area contributed by atoms with Gasteiger partial charge in [-0.25, -0.2) is 4.98 Å². The molecule has 100 valence electrons. The lowest BCUT2D eigenvalue weighted by Gasteiger charge is -2.20. The molecule has 0 unspecified atom stereocenters. The van der Waals surface area contributed by atoms with Crippen LogP contribution in [0, 0.1) is 0 Å². The lowest BCUT2D eigenvalue weighted by atomic mass is 10.3. The van der Waals surface area contributed by atoms with E-state index in [4.69, 9.17) is 0 Å². The monoisotopic (exact) mass is 247 g/mol. The summed E-state index contributed by atoms with van der Waals surface area (Å²) in [6.45, 7) is 7.62. The van der Waals surface area contributed by atoms with Crippen LogP contribution in [0.4, 0.5) is 5.82 Å². The first-order valence-electron chi connectivity index (χ1n) is 7.27. The normalized spacial score (nSPS) is 15.1. The predicted octanol–water partition coefficient (Wildman–Crippen LogP) is 3.28. The molecule has 1 fully saturated rings. The minimum Gasteiger partial charge on any atom is -0.370 e. The van der Waals surface area contributed by atoms with Crippen molar-refractivity contribution >= 4 is 5.82 Å². The van der Waals surface area contributed by atoms with Crippen LogP contribution in [0.15, 0.2) is 18.2 Å². The Kier molecular flexibility index (Phi) is 5.00. The van der Waals surface area contributed by atoms with Gasteiger partial charge in [-0.2, -0.15) is 0 Å². The third kappa shape index (κ3) is 3.98. The molecule has 18 heavy (non-hydrogen) atoms. The molecule has 1 aromatic rings. The maximum Gasteiger partial charge on any atom is 0.126 e. The maximum atomic E-state index is 4.69. The highest BCUT2D eigenvalue weighted by molar-refractivity contribution is 5.35. The highest BCUT2D eigenvalue weighted by Crippen LogP contribution is 2.28. The van der Waals surface area contributed by atoms with Crippen LogP contribution in [0.2, 0.25) is 0 Å². The standard InChI is InChI=1S/C15H25N3/c1-3-10-16-15-7-5-6-13(17-15)12-18(11-4-2)14-8-9-14/h5-7,14H,3-4,8-12H2,1-2H3,(H,16,17). The van der Waals surface area contributed by atoms with Gasteiger partial charge in [-0.1, -0.05) is 19.9 Å². The average molecular weight is 247 g/mol. The summed E-state index contributed by atoms with van der Waals surface area (Å²) in [6.07, 6.45) is 5.10. The van der Waals surface area contributed by atoms with E-state index in [1.807, 2.05) is 0 Å². The fraction of sp³-hybridized carbons (Fsp3) is 0.667. The molecule has 1 saturated carbocycles. The summed E-state index contributed by atoms with van der Waals surface area (Å²) < 4.78 is 0. The Hall–Kier alpha value is -1.09. The zero-order chi connectivity index (χ0) is 12.8. The van der Waals surface area contributed by atoms with E-state index in [1.54, 1.807) is 0 Å². The summed E-state index contributed by atoms with van der Waals surface area (Å²) in [5, 5.41) is 3.36. The topological polar surface area (TPSA) is 28.2 Å². The maximum absolute atomic E-state index is 4.69. The zero-order valence-electron chi connectivity index (χ0n) is 11.7. The van der Waals surface area contributed by atoms with E-state index in [9.17, 15) is 0 Å². The van der Waals surface area contributed by atoms with E-state index >= 15 is 0 Å². The molecule has 2 rings (SSSR count). The molecule has 0 saturated heterocycles. The van der Waals surface area contributed by atoms with Gasteiger partial charge in [0.2, 0.25) is 0 Å². The van der Waals surface area contributed by atoms with Gasteiger partial charge in [-0.3, -0.25) is 4.90 Å². The summed E-state index contributed by atoms with van der Waals surface area (Å²) in [7, 11) is 0. The van der Waals surface area contributed by atoms with Crippen LogP contribution in [0.25, 0.3) is 0 Å². The van der Waals surface area contributed by atoms with Gasteiger partial charge < -0.3 is 5.32 Å². The summed E-state index contributed by atoms with van der Waals surface area (Å²) in [4.78, 5) is 7.27. The molecular formula is C15H25N3. The van der Waals surface area contributed by atoms with E-state index in [2.05, 4.69) is 47.2 Å². The molecule has 0 atom stereocenters. The summed E-state index contributed by atoms with van der Waals surface area (Å²) in [5.74, 6) is 1.02. The number of nitrogens with one attached hydrogen (secondary N) is 1. The minimum atomic E-state index is 0.819. The van der Waals surface area contributed by atoms with Crippen molar-refractivity contribution in [2.45, 2.75) is 52.1 Å². The first-order chi connectivity index (χ1) is 8.83. The van der Waals surface area contributed by atoms with Crippen molar-refractivity contribution in [1.29, 1.82) is 0 Å². The third-order valence-electron chi connectivity index (χ3n) is 3.30. The Morgan fingerprint density at radius 3 is 2.78 bits per heavy atom. The molecular weight excluding hydrogens is 222 g/mol. The van der Waals surface area contributed by atoms with Crippen LogP contribution in [0.1, 0.15) is 45.2 Å². The molecule has 1 aliphatic carbocycles. The van der Waals surface area contributed by atoms with Crippen LogP contribution in [0.5, 0.6) is 0 Å². The van der Waals surface area contributed by atoms with Crippen molar-refractivity contribution in [3.63, 3.8) is 0 Å². The Morgan fingerprint density at radius 1 is 1.28 bits per heavy atom. The van der Waals surface area contributed by atoms with Gasteiger partial charge in [0.05, 0.1) is 5.69 Å². The van der Waals surface area contributed by atoms with Crippen LogP contribution in [0.3, 0.4) is 0 Å². The largest absolute Gasteiger partial charge is 0.370 e. The molecule has 1 heterocycles. The Balaban J connectivity index is 1.94. The molecule has 0 bridgehead atoms. The van der Waals surface area contributed by atoms with E-state index < -0.39 is 0 Å². The zero-order valence-corrected chi connectivity index (χ0v) is 11.7. The van der Waals surface area contributed by atoms with Crippen molar-refractivity contribution < 1.29 is 0 Å². The fourth-order valence-corrected chi connectivity index (χ4v) is 2.24. The third-order valence-corrected chi connectivity index (χ3v) is 3.30. The van der Waals surface area contributed by atoms with Crippen molar-refractivity contribution in [1.82, 2.24) is 9.88 Å². The second-order valence-corrected chi connectivity index (χ2v) is 5.14. The average Bonchev–Trinajstić information content (AvgIpc) is 3.21. The number of anilines is 1. The van der Waals surface area contributed by atoms with Gasteiger partial charge in [0.15, 0.2) is 0 Å². The van der Waals surface area contributed by atoms with Crippen molar-refractivity contribution in [3.8, 4) is 0 Å². The predicted molar refractivity (Wildman–Crippen MR) is 76.7 cm³/mol. The van der Waals surface area contributed by atoms with Gasteiger partial charge in [-0.05, 0) is 44.4 Å².